The Balaban J connectivity index is 0.00000294. The Morgan fingerprint density at radius 1 is 0.921 bits per heavy atom. The normalized spacial score (nSPS) is 17.9. The number of carboxylic acid groups (broad SMARTS) is 1. The van der Waals surface area contributed by atoms with Crippen LogP contribution in [0.1, 0.15) is 61.3 Å². The molecule has 1 saturated heterocycles. The molecule has 38 heavy (non-hydrogen) atoms. The second-order valence-corrected chi connectivity index (χ2v) is 10.3. The fourth-order valence-corrected chi connectivity index (χ4v) is 6.01. The van der Waals surface area contributed by atoms with E-state index in [9.17, 15) is 9.90 Å². The molecule has 2 heterocycles. The van der Waals surface area contributed by atoms with Crippen LogP contribution in [-0.2, 0) is 0 Å². The van der Waals surface area contributed by atoms with E-state index in [-0.39, 0.29) is 18.0 Å². The topological polar surface area (TPSA) is 67.6 Å². The van der Waals surface area contributed by atoms with E-state index in [2.05, 4.69) is 51.9 Å². The summed E-state index contributed by atoms with van der Waals surface area (Å²) in [6.07, 6.45) is 8.27. The highest BCUT2D eigenvalue weighted by Crippen LogP contribution is 2.36. The van der Waals surface area contributed by atoms with Crippen LogP contribution >= 0.6 is 12.4 Å². The number of aromatic nitrogens is 2. The van der Waals surface area contributed by atoms with E-state index in [0.29, 0.717) is 18.7 Å². The number of benzene rings is 3. The summed E-state index contributed by atoms with van der Waals surface area (Å²) in [5, 5.41) is 9.48. The Morgan fingerprint density at radius 3 is 2.42 bits per heavy atom. The third-order valence-electron chi connectivity index (χ3n) is 7.90. The summed E-state index contributed by atoms with van der Waals surface area (Å²) in [6.45, 7) is 1.73. The molecule has 1 aliphatic heterocycles. The van der Waals surface area contributed by atoms with Crippen LogP contribution in [0.3, 0.4) is 0 Å². The second-order valence-electron chi connectivity index (χ2n) is 10.3. The van der Waals surface area contributed by atoms with Gasteiger partial charge in [0.2, 0.25) is 0 Å². The zero-order valence-corrected chi connectivity index (χ0v) is 22.3. The van der Waals surface area contributed by atoms with Gasteiger partial charge in [0.05, 0.1) is 22.6 Å². The van der Waals surface area contributed by atoms with E-state index in [1.54, 1.807) is 12.1 Å². The third kappa shape index (κ3) is 5.23. The van der Waals surface area contributed by atoms with Gasteiger partial charge in [0.25, 0.3) is 0 Å². The van der Waals surface area contributed by atoms with Crippen molar-refractivity contribution in [1.82, 2.24) is 9.55 Å². The van der Waals surface area contributed by atoms with E-state index in [0.717, 1.165) is 54.0 Å². The van der Waals surface area contributed by atoms with Gasteiger partial charge in [0.15, 0.2) is 0 Å². The number of para-hydroxylation sites is 1. The van der Waals surface area contributed by atoms with Crippen molar-refractivity contribution in [2.24, 2.45) is 0 Å². The van der Waals surface area contributed by atoms with Gasteiger partial charge < -0.3 is 19.3 Å². The van der Waals surface area contributed by atoms with Gasteiger partial charge in [-0.3, -0.25) is 0 Å². The fraction of sp³-hybridized carbons (Fsp3) is 0.355. The molecule has 0 amide bonds. The van der Waals surface area contributed by atoms with Crippen LogP contribution in [0.4, 0.5) is 5.69 Å². The van der Waals surface area contributed by atoms with Crippen molar-refractivity contribution in [3.63, 3.8) is 0 Å². The highest BCUT2D eigenvalue weighted by molar-refractivity contribution is 5.93. The monoisotopic (exact) mass is 531 g/mol. The summed E-state index contributed by atoms with van der Waals surface area (Å²) in [5.74, 6) is 0.837. The molecule has 6 nitrogen and oxygen atoms in total. The minimum atomic E-state index is -0.926. The Hall–Kier alpha value is -3.51. The molecule has 1 N–H and O–H groups in total. The van der Waals surface area contributed by atoms with Gasteiger partial charge in [-0.15, -0.1) is 12.4 Å². The first-order valence-electron chi connectivity index (χ1n) is 13.5. The Labute approximate surface area is 229 Å². The summed E-state index contributed by atoms with van der Waals surface area (Å²) < 4.78 is 8.59. The van der Waals surface area contributed by atoms with Crippen LogP contribution in [0.2, 0.25) is 0 Å². The first-order valence-corrected chi connectivity index (χ1v) is 13.5. The SMILES string of the molecule is Cl.O=C(O)c1ccc2c(c1)nc(-c1ccc(OC[C@@H]3CCCN3c3ccccc3)cc1)n2C1CCCCC1. The average molecular weight is 532 g/mol. The van der Waals surface area contributed by atoms with Crippen molar-refractivity contribution in [3.05, 3.63) is 78.4 Å². The highest BCUT2D eigenvalue weighted by atomic mass is 35.5. The number of nitrogens with zero attached hydrogens (tertiary/aromatic N) is 3. The zero-order chi connectivity index (χ0) is 25.2. The molecule has 1 aliphatic carbocycles. The van der Waals surface area contributed by atoms with Gasteiger partial charge in [-0.2, -0.15) is 0 Å². The van der Waals surface area contributed by atoms with Crippen LogP contribution in [0.5, 0.6) is 5.75 Å². The van der Waals surface area contributed by atoms with Crippen molar-refractivity contribution in [2.45, 2.75) is 57.0 Å². The van der Waals surface area contributed by atoms with Gasteiger partial charge in [-0.05, 0) is 80.3 Å². The number of carboxylic acids is 1. The lowest BCUT2D eigenvalue weighted by Crippen LogP contribution is -2.34. The quantitative estimate of drug-likeness (QED) is 0.269. The van der Waals surface area contributed by atoms with Crippen molar-refractivity contribution in [1.29, 1.82) is 0 Å². The molecule has 0 bridgehead atoms. The highest BCUT2D eigenvalue weighted by Gasteiger charge is 2.26. The molecule has 1 atom stereocenters. The minimum Gasteiger partial charge on any atom is -0.491 e. The maximum Gasteiger partial charge on any atom is 0.335 e. The van der Waals surface area contributed by atoms with Crippen molar-refractivity contribution in [3.8, 4) is 17.1 Å². The lowest BCUT2D eigenvalue weighted by molar-refractivity contribution is 0.0697. The average Bonchev–Trinajstić information content (AvgIpc) is 3.57. The molecule has 4 aromatic rings. The molecule has 0 radical (unpaired) electrons. The number of carbonyl (C=O) groups is 1. The summed E-state index contributed by atoms with van der Waals surface area (Å²) in [6, 6.07) is 24.9. The van der Waals surface area contributed by atoms with Gasteiger partial charge in [-0.1, -0.05) is 37.5 Å². The molecule has 2 aliphatic rings. The van der Waals surface area contributed by atoms with Crippen LogP contribution in [-0.4, -0.2) is 39.8 Å². The maximum atomic E-state index is 11.6. The molecule has 198 valence electrons. The summed E-state index contributed by atoms with van der Waals surface area (Å²) in [4.78, 5) is 18.9. The van der Waals surface area contributed by atoms with E-state index in [1.807, 2.05) is 18.2 Å². The number of fused-ring (bicyclic) bond motifs is 1. The third-order valence-corrected chi connectivity index (χ3v) is 7.90. The molecule has 0 spiro atoms. The number of rotatable bonds is 7. The number of hydrogen-bond acceptors (Lipinski definition) is 4. The maximum absolute atomic E-state index is 11.6. The number of halogens is 1. The van der Waals surface area contributed by atoms with E-state index >= 15 is 0 Å². The van der Waals surface area contributed by atoms with E-state index in [4.69, 9.17) is 9.72 Å². The van der Waals surface area contributed by atoms with Crippen molar-refractivity contribution in [2.75, 3.05) is 18.1 Å². The van der Waals surface area contributed by atoms with Crippen LogP contribution < -0.4 is 9.64 Å². The second kappa shape index (κ2) is 11.5. The van der Waals surface area contributed by atoms with Gasteiger partial charge >= 0.3 is 5.97 Å². The lowest BCUT2D eigenvalue weighted by Gasteiger charge is -2.27. The summed E-state index contributed by atoms with van der Waals surface area (Å²) in [5.41, 5.74) is 4.31. The number of hydrogen-bond donors (Lipinski definition) is 1. The summed E-state index contributed by atoms with van der Waals surface area (Å²) >= 11 is 0. The molecule has 6 rings (SSSR count). The van der Waals surface area contributed by atoms with Crippen LogP contribution in [0.15, 0.2) is 72.8 Å². The molecule has 1 aromatic heterocycles. The first kappa shape index (κ1) is 26.1. The Kier molecular flexibility index (Phi) is 7.89. The molecule has 0 unspecified atom stereocenters. The number of imidazole rings is 1. The number of ether oxygens (including phenoxy) is 1. The molecule has 3 aromatic carbocycles. The van der Waals surface area contributed by atoms with E-state index < -0.39 is 5.97 Å². The predicted molar refractivity (Wildman–Crippen MR) is 154 cm³/mol. The van der Waals surface area contributed by atoms with Gasteiger partial charge in [0.1, 0.15) is 18.2 Å². The molecule has 1 saturated carbocycles. The predicted octanol–water partition coefficient (Wildman–Crippen LogP) is 7.38. The van der Waals surface area contributed by atoms with Crippen LogP contribution in [0, 0.1) is 0 Å². The van der Waals surface area contributed by atoms with E-state index in [1.165, 1.54) is 31.4 Å². The molecular weight excluding hydrogens is 498 g/mol. The Morgan fingerprint density at radius 2 is 1.68 bits per heavy atom. The van der Waals surface area contributed by atoms with Crippen molar-refractivity contribution >= 4 is 35.1 Å². The number of anilines is 1. The fourth-order valence-electron chi connectivity index (χ4n) is 6.01. The molecule has 2 fully saturated rings. The first-order chi connectivity index (χ1) is 18.2. The largest absolute Gasteiger partial charge is 0.491 e. The zero-order valence-electron chi connectivity index (χ0n) is 21.5. The summed E-state index contributed by atoms with van der Waals surface area (Å²) in [7, 11) is 0. The lowest BCUT2D eigenvalue weighted by atomic mass is 9.95. The molecular formula is C31H34ClN3O3. The van der Waals surface area contributed by atoms with Crippen LogP contribution in [0.25, 0.3) is 22.4 Å². The molecule has 7 heteroatoms. The number of aromatic carboxylic acids is 1. The van der Waals surface area contributed by atoms with Gasteiger partial charge in [0, 0.05) is 23.8 Å². The standard InChI is InChI=1S/C31H33N3O3.ClH/c35-31(36)23-15-18-29-28(20-23)32-30(34(29)25-10-5-2-6-11-25)22-13-16-27(17-14-22)37-21-26-12-7-19-33(26)24-8-3-1-4-9-24;/h1,3-4,8-9,13-18,20,25-26H,2,5-7,10-12,19,21H2,(H,35,36);1H/t26-;/m0./s1. The van der Waals surface area contributed by atoms with Gasteiger partial charge in [-0.25, -0.2) is 9.78 Å². The minimum absolute atomic E-state index is 0. The smallest absolute Gasteiger partial charge is 0.335 e. The Bertz CT molecular complexity index is 1380. The van der Waals surface area contributed by atoms with Crippen molar-refractivity contribution < 1.29 is 14.6 Å².